The van der Waals surface area contributed by atoms with Gasteiger partial charge in [-0.2, -0.15) is 0 Å². The molecule has 3 N–H and O–H groups in total. The van der Waals surface area contributed by atoms with Crippen molar-refractivity contribution in [1.82, 2.24) is 4.98 Å². The van der Waals surface area contributed by atoms with Crippen LogP contribution < -0.4 is 16.0 Å². The molecule has 0 bridgehead atoms. The maximum atomic E-state index is 12.2. The van der Waals surface area contributed by atoms with Gasteiger partial charge in [0.2, 0.25) is 0 Å². The molecule has 0 atom stereocenters. The number of nitrogens with two attached hydrogens (primary N) is 1. The van der Waals surface area contributed by atoms with Crippen LogP contribution in [0.2, 0.25) is 0 Å². The van der Waals surface area contributed by atoms with Gasteiger partial charge >= 0.3 is 0 Å². The lowest BCUT2D eigenvalue weighted by atomic mass is 10.2. The predicted molar refractivity (Wildman–Crippen MR) is 84.0 cm³/mol. The first-order chi connectivity index (χ1) is 10.2. The number of aromatic nitrogens is 1. The summed E-state index contributed by atoms with van der Waals surface area (Å²) < 4.78 is 5.36. The number of rotatable bonds is 3. The van der Waals surface area contributed by atoms with Crippen molar-refractivity contribution in [3.8, 4) is 0 Å². The Morgan fingerprint density at radius 2 is 2.10 bits per heavy atom. The number of amides is 1. The third-order valence-corrected chi connectivity index (χ3v) is 3.93. The molecule has 1 aromatic carbocycles. The van der Waals surface area contributed by atoms with Gasteiger partial charge in [0.05, 0.1) is 24.6 Å². The summed E-state index contributed by atoms with van der Waals surface area (Å²) in [4.78, 5) is 18.4. The number of anilines is 3. The van der Waals surface area contributed by atoms with Crippen molar-refractivity contribution in [3.05, 3.63) is 35.3 Å². The summed E-state index contributed by atoms with van der Waals surface area (Å²) in [5.41, 5.74) is 7.68. The number of carbonyl (C=O) groups is 1. The van der Waals surface area contributed by atoms with Crippen molar-refractivity contribution in [2.75, 3.05) is 42.3 Å². The quantitative estimate of drug-likeness (QED) is 0.904. The van der Waals surface area contributed by atoms with Crippen molar-refractivity contribution in [2.45, 2.75) is 0 Å². The zero-order valence-corrected chi connectivity index (χ0v) is 12.2. The smallest absolute Gasteiger partial charge is 0.275 e. The Morgan fingerprint density at radius 1 is 1.33 bits per heavy atom. The third-order valence-electron chi connectivity index (χ3n) is 3.26. The van der Waals surface area contributed by atoms with Crippen molar-refractivity contribution < 1.29 is 9.53 Å². The fourth-order valence-corrected chi connectivity index (χ4v) is 2.78. The minimum absolute atomic E-state index is 0.247. The normalized spacial score (nSPS) is 15.0. The molecular formula is C14H16N4O2S. The van der Waals surface area contributed by atoms with Gasteiger partial charge in [-0.25, -0.2) is 4.98 Å². The summed E-state index contributed by atoms with van der Waals surface area (Å²) in [6.45, 7) is 3.03. The molecule has 7 heteroatoms. The standard InChI is InChI=1S/C14H16N4O2S/c15-14-17-11(9-21-14)13(19)16-10-3-1-2-4-12(10)18-5-7-20-8-6-18/h1-4,9H,5-8H2,(H2,15,17)(H,16,19). The van der Waals surface area contributed by atoms with Crippen LogP contribution in [0, 0.1) is 0 Å². The number of hydrogen-bond donors (Lipinski definition) is 2. The number of benzene rings is 1. The van der Waals surface area contributed by atoms with E-state index < -0.39 is 0 Å². The highest BCUT2D eigenvalue weighted by Gasteiger charge is 2.17. The van der Waals surface area contributed by atoms with E-state index in [4.69, 9.17) is 10.5 Å². The molecule has 21 heavy (non-hydrogen) atoms. The Kier molecular flexibility index (Phi) is 4.03. The summed E-state index contributed by atoms with van der Waals surface area (Å²) in [7, 11) is 0. The molecule has 0 unspecified atom stereocenters. The first-order valence-electron chi connectivity index (χ1n) is 6.68. The summed E-state index contributed by atoms with van der Waals surface area (Å²) in [6.07, 6.45) is 0. The van der Waals surface area contributed by atoms with Crippen LogP contribution in [-0.2, 0) is 4.74 Å². The highest BCUT2D eigenvalue weighted by molar-refractivity contribution is 7.13. The first kappa shape index (κ1) is 13.8. The summed E-state index contributed by atoms with van der Waals surface area (Å²) in [5.74, 6) is -0.247. The largest absolute Gasteiger partial charge is 0.378 e. The van der Waals surface area contributed by atoms with Crippen LogP contribution in [0.1, 0.15) is 10.5 Å². The number of thiazole rings is 1. The molecule has 3 rings (SSSR count). The Balaban J connectivity index is 1.80. The summed E-state index contributed by atoms with van der Waals surface area (Å²) in [5, 5.41) is 4.95. The molecule has 2 aromatic rings. The van der Waals surface area contributed by atoms with Gasteiger partial charge in [0.15, 0.2) is 5.13 Å². The third kappa shape index (κ3) is 3.14. The lowest BCUT2D eigenvalue weighted by Gasteiger charge is -2.30. The van der Waals surface area contributed by atoms with E-state index >= 15 is 0 Å². The SMILES string of the molecule is Nc1nc(C(=O)Nc2ccccc2N2CCOCC2)cs1. The van der Waals surface area contributed by atoms with Crippen LogP contribution in [0.5, 0.6) is 0 Å². The van der Waals surface area contributed by atoms with Crippen LogP contribution in [0.3, 0.4) is 0 Å². The van der Waals surface area contributed by atoms with Crippen LogP contribution in [0.4, 0.5) is 16.5 Å². The molecule has 0 radical (unpaired) electrons. The average molecular weight is 304 g/mol. The van der Waals surface area contributed by atoms with Crippen LogP contribution in [0.25, 0.3) is 0 Å². The topological polar surface area (TPSA) is 80.5 Å². The molecular weight excluding hydrogens is 288 g/mol. The minimum Gasteiger partial charge on any atom is -0.378 e. The Bertz CT molecular complexity index is 637. The molecule has 0 aliphatic carbocycles. The molecule has 0 saturated carbocycles. The predicted octanol–water partition coefficient (Wildman–Crippen LogP) is 1.81. The lowest BCUT2D eigenvalue weighted by Crippen LogP contribution is -2.36. The molecule has 6 nitrogen and oxygen atoms in total. The van der Waals surface area contributed by atoms with Crippen molar-refractivity contribution in [1.29, 1.82) is 0 Å². The highest BCUT2D eigenvalue weighted by atomic mass is 32.1. The fourth-order valence-electron chi connectivity index (χ4n) is 2.24. The van der Waals surface area contributed by atoms with E-state index in [1.807, 2.05) is 24.3 Å². The van der Waals surface area contributed by atoms with E-state index in [1.165, 1.54) is 11.3 Å². The second kappa shape index (κ2) is 6.11. The zero-order valence-electron chi connectivity index (χ0n) is 11.4. The van der Waals surface area contributed by atoms with Gasteiger partial charge in [-0.3, -0.25) is 4.79 Å². The molecule has 1 fully saturated rings. The van der Waals surface area contributed by atoms with Gasteiger partial charge in [-0.05, 0) is 12.1 Å². The molecule has 1 aromatic heterocycles. The van der Waals surface area contributed by atoms with E-state index in [2.05, 4.69) is 15.2 Å². The van der Waals surface area contributed by atoms with Gasteiger partial charge in [0.25, 0.3) is 5.91 Å². The second-order valence-electron chi connectivity index (χ2n) is 4.64. The molecule has 1 saturated heterocycles. The number of carbonyl (C=O) groups excluding carboxylic acids is 1. The number of nitrogens with zero attached hydrogens (tertiary/aromatic N) is 2. The molecule has 1 aliphatic rings. The number of morpholine rings is 1. The van der Waals surface area contributed by atoms with Crippen molar-refractivity contribution in [3.63, 3.8) is 0 Å². The van der Waals surface area contributed by atoms with Crippen LogP contribution in [0.15, 0.2) is 29.6 Å². The van der Waals surface area contributed by atoms with Gasteiger partial charge in [0.1, 0.15) is 5.69 Å². The lowest BCUT2D eigenvalue weighted by molar-refractivity contribution is 0.102. The molecule has 110 valence electrons. The Morgan fingerprint density at radius 3 is 2.81 bits per heavy atom. The molecule has 0 spiro atoms. The highest BCUT2D eigenvalue weighted by Crippen LogP contribution is 2.27. The Labute approximate surface area is 126 Å². The van der Waals surface area contributed by atoms with Gasteiger partial charge in [-0.1, -0.05) is 12.1 Å². The first-order valence-corrected chi connectivity index (χ1v) is 7.56. The van der Waals surface area contributed by atoms with E-state index in [9.17, 15) is 4.79 Å². The van der Waals surface area contributed by atoms with Gasteiger partial charge in [-0.15, -0.1) is 11.3 Å². The number of nitrogens with one attached hydrogen (secondary N) is 1. The average Bonchev–Trinajstić information content (AvgIpc) is 2.95. The minimum atomic E-state index is -0.247. The maximum absolute atomic E-state index is 12.2. The molecule has 2 heterocycles. The van der Waals surface area contributed by atoms with E-state index in [1.54, 1.807) is 5.38 Å². The van der Waals surface area contributed by atoms with E-state index in [0.29, 0.717) is 24.0 Å². The monoisotopic (exact) mass is 304 g/mol. The van der Waals surface area contributed by atoms with Crippen molar-refractivity contribution >= 4 is 33.8 Å². The molecule has 1 amide bonds. The zero-order chi connectivity index (χ0) is 14.7. The van der Waals surface area contributed by atoms with Gasteiger partial charge in [0, 0.05) is 18.5 Å². The van der Waals surface area contributed by atoms with Crippen LogP contribution in [-0.4, -0.2) is 37.2 Å². The number of hydrogen-bond acceptors (Lipinski definition) is 6. The van der Waals surface area contributed by atoms with Crippen molar-refractivity contribution in [2.24, 2.45) is 0 Å². The van der Waals surface area contributed by atoms with Gasteiger partial charge < -0.3 is 20.7 Å². The molecule has 1 aliphatic heterocycles. The summed E-state index contributed by atoms with van der Waals surface area (Å²) >= 11 is 1.25. The summed E-state index contributed by atoms with van der Waals surface area (Å²) in [6, 6.07) is 7.74. The second-order valence-corrected chi connectivity index (χ2v) is 5.53. The Hall–Kier alpha value is -2.12. The number of nitrogen functional groups attached to an aromatic ring is 1. The van der Waals surface area contributed by atoms with E-state index in [-0.39, 0.29) is 5.91 Å². The fraction of sp³-hybridized carbons (Fsp3) is 0.286. The van der Waals surface area contributed by atoms with E-state index in [0.717, 1.165) is 24.5 Å². The number of ether oxygens (including phenoxy) is 1. The number of para-hydroxylation sites is 2. The maximum Gasteiger partial charge on any atom is 0.275 e. The van der Waals surface area contributed by atoms with Crippen LogP contribution >= 0.6 is 11.3 Å².